The molecule has 1 aromatic heterocycles. The molecule has 7 heteroatoms. The van der Waals surface area contributed by atoms with Crippen molar-refractivity contribution >= 4 is 32.3 Å². The fourth-order valence-electron chi connectivity index (χ4n) is 1.90. The van der Waals surface area contributed by atoms with E-state index in [0.717, 1.165) is 0 Å². The van der Waals surface area contributed by atoms with Gasteiger partial charge in [-0.15, -0.1) is 0 Å². The first-order valence-electron chi connectivity index (χ1n) is 6.64. The van der Waals surface area contributed by atoms with E-state index in [-0.39, 0.29) is 18.5 Å². The van der Waals surface area contributed by atoms with Gasteiger partial charge < -0.3 is 10.5 Å². The van der Waals surface area contributed by atoms with Gasteiger partial charge in [-0.25, -0.2) is 8.42 Å². The van der Waals surface area contributed by atoms with Crippen LogP contribution in [0, 0.1) is 0 Å². The maximum Gasteiger partial charge on any atom is 0.235 e. The van der Waals surface area contributed by atoms with Gasteiger partial charge in [-0.2, -0.15) is 0 Å². The highest BCUT2D eigenvalue weighted by Gasteiger charge is 2.13. The summed E-state index contributed by atoms with van der Waals surface area (Å²) >= 11 is 0. The largest absolute Gasteiger partial charge is 0.397 e. The van der Waals surface area contributed by atoms with E-state index >= 15 is 0 Å². The van der Waals surface area contributed by atoms with Crippen molar-refractivity contribution in [2.24, 2.45) is 0 Å². The van der Waals surface area contributed by atoms with Crippen molar-refractivity contribution in [1.82, 2.24) is 4.98 Å². The van der Waals surface area contributed by atoms with Crippen molar-refractivity contribution in [2.75, 3.05) is 22.8 Å². The smallest absolute Gasteiger partial charge is 0.235 e. The number of rotatable bonds is 6. The van der Waals surface area contributed by atoms with Crippen molar-refractivity contribution < 1.29 is 13.2 Å². The number of nitrogens with two attached hydrogens (primary N) is 1. The van der Waals surface area contributed by atoms with Gasteiger partial charge in [0.25, 0.3) is 0 Å². The Morgan fingerprint density at radius 1 is 1.33 bits per heavy atom. The Morgan fingerprint density at radius 2 is 2.10 bits per heavy atom. The van der Waals surface area contributed by atoms with Gasteiger partial charge in [0, 0.05) is 11.6 Å². The zero-order valence-corrected chi connectivity index (χ0v) is 12.9. The monoisotopic (exact) mass is 309 g/mol. The van der Waals surface area contributed by atoms with Crippen LogP contribution in [-0.4, -0.2) is 31.9 Å². The van der Waals surface area contributed by atoms with Crippen LogP contribution in [0.3, 0.4) is 0 Å². The number of hydrogen-bond donors (Lipinski definition) is 2. The third-order valence-electron chi connectivity index (χ3n) is 2.87. The SMILES string of the molecule is CC(C)OCCS(=O)(=O)Nc1ccc(N)c2ncccc12. The summed E-state index contributed by atoms with van der Waals surface area (Å²) in [5.41, 5.74) is 7.40. The predicted molar refractivity (Wildman–Crippen MR) is 84.7 cm³/mol. The van der Waals surface area contributed by atoms with Gasteiger partial charge in [0.2, 0.25) is 10.0 Å². The molecule has 2 aromatic rings. The minimum atomic E-state index is -3.48. The van der Waals surface area contributed by atoms with Crippen LogP contribution in [0.15, 0.2) is 30.5 Å². The van der Waals surface area contributed by atoms with Crippen molar-refractivity contribution in [3.05, 3.63) is 30.5 Å². The molecule has 2 rings (SSSR count). The van der Waals surface area contributed by atoms with Gasteiger partial charge in [-0.05, 0) is 38.1 Å². The van der Waals surface area contributed by atoms with Gasteiger partial charge >= 0.3 is 0 Å². The number of nitrogen functional groups attached to an aromatic ring is 1. The Bertz CT molecular complexity index is 729. The highest BCUT2D eigenvalue weighted by atomic mass is 32.2. The van der Waals surface area contributed by atoms with Crippen LogP contribution in [0.2, 0.25) is 0 Å². The molecule has 1 aromatic carbocycles. The van der Waals surface area contributed by atoms with E-state index in [2.05, 4.69) is 9.71 Å². The maximum absolute atomic E-state index is 12.1. The third-order valence-corrected chi connectivity index (χ3v) is 4.10. The molecule has 0 fully saturated rings. The highest BCUT2D eigenvalue weighted by molar-refractivity contribution is 7.92. The number of nitrogens with zero attached hydrogens (tertiary/aromatic N) is 1. The van der Waals surface area contributed by atoms with Crippen molar-refractivity contribution in [1.29, 1.82) is 0 Å². The first-order valence-corrected chi connectivity index (χ1v) is 8.29. The van der Waals surface area contributed by atoms with E-state index in [1.807, 2.05) is 13.8 Å². The topological polar surface area (TPSA) is 94.3 Å². The summed E-state index contributed by atoms with van der Waals surface area (Å²) in [6.45, 7) is 3.87. The van der Waals surface area contributed by atoms with E-state index in [0.29, 0.717) is 22.3 Å². The molecule has 0 aliphatic carbocycles. The number of pyridine rings is 1. The second-order valence-corrected chi connectivity index (χ2v) is 6.78. The third kappa shape index (κ3) is 4.05. The maximum atomic E-state index is 12.1. The van der Waals surface area contributed by atoms with Crippen LogP contribution >= 0.6 is 0 Å². The standard InChI is InChI=1S/C14H19N3O3S/c1-10(2)20-8-9-21(18,19)17-13-6-5-12(15)14-11(13)4-3-7-16-14/h3-7,10,17H,8-9,15H2,1-2H3. The molecule has 21 heavy (non-hydrogen) atoms. The van der Waals surface area contributed by atoms with Gasteiger partial charge in [-0.1, -0.05) is 0 Å². The minimum absolute atomic E-state index is 0.00162. The highest BCUT2D eigenvalue weighted by Crippen LogP contribution is 2.27. The van der Waals surface area contributed by atoms with Crippen LogP contribution in [0.25, 0.3) is 10.9 Å². The summed E-state index contributed by atoms with van der Waals surface area (Å²) in [6.07, 6.45) is 1.62. The second-order valence-electron chi connectivity index (χ2n) is 4.94. The molecule has 3 N–H and O–H groups in total. The molecule has 6 nitrogen and oxygen atoms in total. The van der Waals surface area contributed by atoms with E-state index < -0.39 is 10.0 Å². The zero-order chi connectivity index (χ0) is 15.5. The Kier molecular flexibility index (Phi) is 4.64. The number of sulfonamides is 1. The molecule has 0 aliphatic rings. The van der Waals surface area contributed by atoms with Crippen molar-refractivity contribution in [3.63, 3.8) is 0 Å². The van der Waals surface area contributed by atoms with Crippen molar-refractivity contribution in [3.8, 4) is 0 Å². The lowest BCUT2D eigenvalue weighted by Gasteiger charge is -2.12. The predicted octanol–water partition coefficient (Wildman–Crippen LogP) is 1.98. The lowest BCUT2D eigenvalue weighted by Crippen LogP contribution is -2.21. The number of hydrogen-bond acceptors (Lipinski definition) is 5. The summed E-state index contributed by atoms with van der Waals surface area (Å²) in [7, 11) is -3.48. The average molecular weight is 309 g/mol. The Balaban J connectivity index is 2.22. The molecule has 0 amide bonds. The Hall–Kier alpha value is -1.86. The quantitative estimate of drug-likeness (QED) is 0.796. The summed E-state index contributed by atoms with van der Waals surface area (Å²) in [5, 5.41) is 0.672. The fourth-order valence-corrected chi connectivity index (χ4v) is 2.83. The first-order chi connectivity index (χ1) is 9.89. The van der Waals surface area contributed by atoms with Crippen LogP contribution < -0.4 is 10.5 Å². The molecular weight excluding hydrogens is 290 g/mol. The number of benzene rings is 1. The van der Waals surface area contributed by atoms with Crippen LogP contribution in [0.4, 0.5) is 11.4 Å². The van der Waals surface area contributed by atoms with Gasteiger partial charge in [0.15, 0.2) is 0 Å². The van der Waals surface area contributed by atoms with E-state index in [9.17, 15) is 8.42 Å². The molecule has 0 spiro atoms. The normalized spacial score (nSPS) is 12.0. The van der Waals surface area contributed by atoms with Gasteiger partial charge in [-0.3, -0.25) is 9.71 Å². The van der Waals surface area contributed by atoms with Crippen LogP contribution in [0.5, 0.6) is 0 Å². The van der Waals surface area contributed by atoms with E-state index in [1.165, 1.54) is 0 Å². The first kappa shape index (κ1) is 15.5. The molecular formula is C14H19N3O3S. The zero-order valence-electron chi connectivity index (χ0n) is 12.0. The Labute approximate surface area is 124 Å². The number of aromatic nitrogens is 1. The molecule has 0 aliphatic heterocycles. The molecule has 0 radical (unpaired) electrons. The second kappa shape index (κ2) is 6.28. The lowest BCUT2D eigenvalue weighted by atomic mass is 10.1. The van der Waals surface area contributed by atoms with E-state index in [4.69, 9.17) is 10.5 Å². The lowest BCUT2D eigenvalue weighted by molar-refractivity contribution is 0.0913. The summed E-state index contributed by atoms with van der Waals surface area (Å²) in [4.78, 5) is 4.17. The molecule has 0 saturated heterocycles. The van der Waals surface area contributed by atoms with Crippen LogP contribution in [-0.2, 0) is 14.8 Å². The summed E-state index contributed by atoms with van der Waals surface area (Å²) in [5.74, 6) is -0.0999. The van der Waals surface area contributed by atoms with E-state index in [1.54, 1.807) is 30.5 Å². The van der Waals surface area contributed by atoms with Gasteiger partial charge in [0.1, 0.15) is 0 Å². The summed E-state index contributed by atoms with van der Waals surface area (Å²) in [6, 6.07) is 6.79. The fraction of sp³-hybridized carbons (Fsp3) is 0.357. The number of fused-ring (bicyclic) bond motifs is 1. The molecule has 0 unspecified atom stereocenters. The number of ether oxygens (including phenoxy) is 1. The molecule has 0 atom stereocenters. The van der Waals surface area contributed by atoms with Gasteiger partial charge in [0.05, 0.1) is 35.4 Å². The molecule has 0 bridgehead atoms. The number of nitrogens with one attached hydrogen (secondary N) is 1. The summed E-state index contributed by atoms with van der Waals surface area (Å²) < 4.78 is 32.0. The number of anilines is 2. The average Bonchev–Trinajstić information content (AvgIpc) is 2.41. The van der Waals surface area contributed by atoms with Crippen LogP contribution in [0.1, 0.15) is 13.8 Å². The molecule has 1 heterocycles. The van der Waals surface area contributed by atoms with Crippen molar-refractivity contribution in [2.45, 2.75) is 20.0 Å². The molecule has 114 valence electrons. The Morgan fingerprint density at radius 3 is 2.81 bits per heavy atom. The minimum Gasteiger partial charge on any atom is -0.397 e. The molecule has 0 saturated carbocycles.